The summed E-state index contributed by atoms with van der Waals surface area (Å²) in [5.41, 5.74) is 2.26. The van der Waals surface area contributed by atoms with Crippen LogP contribution in [0.15, 0.2) is 48.8 Å². The van der Waals surface area contributed by atoms with Crippen LogP contribution in [0, 0.1) is 0 Å². The number of amides is 1. The molecular formula is C20H21N3OS. The second kappa shape index (κ2) is 7.31. The molecule has 1 aliphatic heterocycles. The number of carbonyl (C=O) groups is 1. The minimum absolute atomic E-state index is 0.220. The molecule has 0 bridgehead atoms. The van der Waals surface area contributed by atoms with E-state index in [2.05, 4.69) is 16.0 Å². The number of carbonyl (C=O) groups excluding carboxylic acids is 1. The molecule has 1 aromatic carbocycles. The van der Waals surface area contributed by atoms with E-state index in [9.17, 15) is 4.79 Å². The molecule has 0 saturated carbocycles. The van der Waals surface area contributed by atoms with Crippen molar-refractivity contribution >= 4 is 27.5 Å². The van der Waals surface area contributed by atoms with Crippen LogP contribution < -0.4 is 0 Å². The van der Waals surface area contributed by atoms with Crippen molar-refractivity contribution in [3.05, 3.63) is 59.4 Å². The number of rotatable bonds is 5. The Morgan fingerprint density at radius 2 is 2.04 bits per heavy atom. The summed E-state index contributed by atoms with van der Waals surface area (Å²) in [6.45, 7) is 0.868. The standard InChI is InChI=1S/C20H21N3OS/c24-20(23-14-4-6-17(23)15-10-12-21-13-11-15)9-3-8-19-22-16-5-1-2-7-18(16)25-19/h1-2,5,7,10-13,17H,3-4,6,8-9,14H2/t17-/m0/s1. The van der Waals surface area contributed by atoms with E-state index in [0.29, 0.717) is 6.42 Å². The topological polar surface area (TPSA) is 46.1 Å². The minimum atomic E-state index is 0.220. The molecule has 1 amide bonds. The highest BCUT2D eigenvalue weighted by molar-refractivity contribution is 7.18. The van der Waals surface area contributed by atoms with Crippen LogP contribution in [0.25, 0.3) is 10.2 Å². The van der Waals surface area contributed by atoms with Crippen molar-refractivity contribution in [3.8, 4) is 0 Å². The minimum Gasteiger partial charge on any atom is -0.336 e. The molecule has 2 aromatic heterocycles. The molecule has 1 saturated heterocycles. The normalized spacial score (nSPS) is 17.3. The lowest BCUT2D eigenvalue weighted by Crippen LogP contribution is -2.30. The number of hydrogen-bond acceptors (Lipinski definition) is 4. The molecule has 4 rings (SSSR count). The number of benzene rings is 1. The molecule has 0 spiro atoms. The molecule has 0 unspecified atom stereocenters. The van der Waals surface area contributed by atoms with Gasteiger partial charge in [-0.25, -0.2) is 4.98 Å². The van der Waals surface area contributed by atoms with Crippen molar-refractivity contribution in [1.82, 2.24) is 14.9 Å². The van der Waals surface area contributed by atoms with Crippen LogP contribution in [0.5, 0.6) is 0 Å². The Bertz CT molecular complexity index is 829. The van der Waals surface area contributed by atoms with Crippen molar-refractivity contribution in [1.29, 1.82) is 0 Å². The number of thiazole rings is 1. The zero-order valence-corrected chi connectivity index (χ0v) is 14.9. The molecule has 0 aliphatic carbocycles. The number of likely N-dealkylation sites (tertiary alicyclic amines) is 1. The lowest BCUT2D eigenvalue weighted by molar-refractivity contribution is -0.132. The van der Waals surface area contributed by atoms with Crippen LogP contribution in [0.1, 0.15) is 42.3 Å². The molecule has 5 heteroatoms. The maximum absolute atomic E-state index is 12.7. The van der Waals surface area contributed by atoms with E-state index in [1.54, 1.807) is 11.3 Å². The average Bonchev–Trinajstić information content (AvgIpc) is 3.29. The lowest BCUT2D eigenvalue weighted by Gasteiger charge is -2.25. The zero-order valence-electron chi connectivity index (χ0n) is 14.1. The number of hydrogen-bond donors (Lipinski definition) is 0. The summed E-state index contributed by atoms with van der Waals surface area (Å²) in [6.07, 6.45) is 8.08. The van der Waals surface area contributed by atoms with E-state index >= 15 is 0 Å². The van der Waals surface area contributed by atoms with Gasteiger partial charge in [0.2, 0.25) is 5.91 Å². The summed E-state index contributed by atoms with van der Waals surface area (Å²) in [5, 5.41) is 1.13. The van der Waals surface area contributed by atoms with E-state index < -0.39 is 0 Å². The Hall–Kier alpha value is -2.27. The fourth-order valence-electron chi connectivity index (χ4n) is 3.56. The average molecular weight is 351 g/mol. The first-order chi connectivity index (χ1) is 12.3. The number of aryl methyl sites for hydroxylation is 1. The van der Waals surface area contributed by atoms with E-state index in [0.717, 1.165) is 42.8 Å². The van der Waals surface area contributed by atoms with Gasteiger partial charge in [0.25, 0.3) is 0 Å². The van der Waals surface area contributed by atoms with Crippen LogP contribution in [0.3, 0.4) is 0 Å². The second-order valence-electron chi connectivity index (χ2n) is 6.45. The van der Waals surface area contributed by atoms with Gasteiger partial charge in [-0.1, -0.05) is 12.1 Å². The quantitative estimate of drug-likeness (QED) is 0.685. The van der Waals surface area contributed by atoms with Crippen LogP contribution >= 0.6 is 11.3 Å². The summed E-state index contributed by atoms with van der Waals surface area (Å²) in [6, 6.07) is 12.5. The van der Waals surface area contributed by atoms with Crippen molar-refractivity contribution in [2.75, 3.05) is 6.54 Å². The summed E-state index contributed by atoms with van der Waals surface area (Å²) in [7, 11) is 0. The van der Waals surface area contributed by atoms with Crippen molar-refractivity contribution in [3.63, 3.8) is 0 Å². The third-order valence-corrected chi connectivity index (χ3v) is 5.88. The molecule has 25 heavy (non-hydrogen) atoms. The number of aromatic nitrogens is 2. The molecule has 0 radical (unpaired) electrons. The second-order valence-corrected chi connectivity index (χ2v) is 7.57. The van der Waals surface area contributed by atoms with E-state index in [1.165, 1.54) is 10.3 Å². The van der Waals surface area contributed by atoms with Crippen molar-refractivity contribution in [2.24, 2.45) is 0 Å². The summed E-state index contributed by atoms with van der Waals surface area (Å²) in [5.74, 6) is 0.264. The number of nitrogens with zero attached hydrogens (tertiary/aromatic N) is 3. The molecule has 128 valence electrons. The predicted octanol–water partition coefficient (Wildman–Crippen LogP) is 4.38. The van der Waals surface area contributed by atoms with Gasteiger partial charge in [0.15, 0.2) is 0 Å². The maximum atomic E-state index is 12.7. The zero-order chi connectivity index (χ0) is 17.1. The molecule has 4 nitrogen and oxygen atoms in total. The predicted molar refractivity (Wildman–Crippen MR) is 100 cm³/mol. The maximum Gasteiger partial charge on any atom is 0.223 e. The number of pyridine rings is 1. The Labute approximate surface area is 151 Å². The molecule has 1 fully saturated rings. The molecule has 1 atom stereocenters. The van der Waals surface area contributed by atoms with Gasteiger partial charge < -0.3 is 4.90 Å². The number of para-hydroxylation sites is 1. The molecule has 3 heterocycles. The van der Waals surface area contributed by atoms with Gasteiger partial charge in [-0.05, 0) is 55.5 Å². The fraction of sp³-hybridized carbons (Fsp3) is 0.350. The van der Waals surface area contributed by atoms with Gasteiger partial charge >= 0.3 is 0 Å². The van der Waals surface area contributed by atoms with Crippen LogP contribution in [0.4, 0.5) is 0 Å². The van der Waals surface area contributed by atoms with Crippen LogP contribution in [0.2, 0.25) is 0 Å². The molecular weight excluding hydrogens is 330 g/mol. The summed E-state index contributed by atoms with van der Waals surface area (Å²) < 4.78 is 1.22. The lowest BCUT2D eigenvalue weighted by atomic mass is 10.1. The van der Waals surface area contributed by atoms with Crippen molar-refractivity contribution < 1.29 is 4.79 Å². The molecule has 0 N–H and O–H groups in total. The number of fused-ring (bicyclic) bond motifs is 1. The monoisotopic (exact) mass is 351 g/mol. The first kappa shape index (κ1) is 16.2. The third-order valence-electron chi connectivity index (χ3n) is 4.78. The Morgan fingerprint density at radius 3 is 2.88 bits per heavy atom. The van der Waals surface area contributed by atoms with E-state index in [4.69, 9.17) is 0 Å². The SMILES string of the molecule is O=C(CCCc1nc2ccccc2s1)N1CCC[C@H]1c1ccncc1. The first-order valence-electron chi connectivity index (χ1n) is 8.85. The van der Waals surface area contributed by atoms with E-state index in [-0.39, 0.29) is 11.9 Å². The highest BCUT2D eigenvalue weighted by Gasteiger charge is 2.29. The Kier molecular flexibility index (Phi) is 4.74. The smallest absolute Gasteiger partial charge is 0.223 e. The molecule has 3 aromatic rings. The van der Waals surface area contributed by atoms with Gasteiger partial charge in [-0.2, -0.15) is 0 Å². The van der Waals surface area contributed by atoms with Gasteiger partial charge in [-0.3, -0.25) is 9.78 Å². The molecule has 1 aliphatic rings. The van der Waals surface area contributed by atoms with Gasteiger partial charge in [0, 0.05) is 25.4 Å². The summed E-state index contributed by atoms with van der Waals surface area (Å²) >= 11 is 1.74. The largest absolute Gasteiger partial charge is 0.336 e. The first-order valence-corrected chi connectivity index (χ1v) is 9.67. The van der Waals surface area contributed by atoms with Crippen molar-refractivity contribution in [2.45, 2.75) is 38.1 Å². The van der Waals surface area contributed by atoms with Gasteiger partial charge in [0.05, 0.1) is 21.3 Å². The summed E-state index contributed by atoms with van der Waals surface area (Å²) in [4.78, 5) is 23.5. The third kappa shape index (κ3) is 3.56. The Balaban J connectivity index is 1.35. The fourth-order valence-corrected chi connectivity index (χ4v) is 4.57. The van der Waals surface area contributed by atoms with Crippen LogP contribution in [-0.2, 0) is 11.2 Å². The van der Waals surface area contributed by atoms with Crippen LogP contribution in [-0.4, -0.2) is 27.3 Å². The van der Waals surface area contributed by atoms with Gasteiger partial charge in [0.1, 0.15) is 0 Å². The van der Waals surface area contributed by atoms with Gasteiger partial charge in [-0.15, -0.1) is 11.3 Å². The highest BCUT2D eigenvalue weighted by atomic mass is 32.1. The highest BCUT2D eigenvalue weighted by Crippen LogP contribution is 2.32. The van der Waals surface area contributed by atoms with E-state index in [1.807, 2.05) is 47.6 Å². The Morgan fingerprint density at radius 1 is 1.20 bits per heavy atom.